The summed E-state index contributed by atoms with van der Waals surface area (Å²) in [5.41, 5.74) is 5.57. The molecule has 2 heterocycles. The van der Waals surface area contributed by atoms with Crippen molar-refractivity contribution in [2.24, 2.45) is 5.92 Å². The Kier molecular flexibility index (Phi) is 4.62. The Bertz CT molecular complexity index is 544. The van der Waals surface area contributed by atoms with Gasteiger partial charge in [0.2, 0.25) is 10.0 Å². The van der Waals surface area contributed by atoms with Gasteiger partial charge in [0, 0.05) is 12.7 Å². The summed E-state index contributed by atoms with van der Waals surface area (Å²) in [6, 6.07) is 1.31. The van der Waals surface area contributed by atoms with Crippen molar-refractivity contribution in [3.05, 3.63) is 17.3 Å². The molecule has 1 aromatic heterocycles. The Morgan fingerprint density at radius 3 is 3.05 bits per heavy atom. The minimum Gasteiger partial charge on any atom is -0.383 e. The predicted octanol–water partition coefficient (Wildman–Crippen LogP) is 0.595. The Hall–Kier alpha value is -0.890. The number of rotatable bonds is 5. The van der Waals surface area contributed by atoms with Crippen LogP contribution in [0.5, 0.6) is 0 Å². The number of nitrogens with two attached hydrogens (primary N) is 1. The van der Waals surface area contributed by atoms with E-state index in [9.17, 15) is 8.42 Å². The number of hydrogen-bond donors (Lipinski definition) is 3. The maximum Gasteiger partial charge on any atom is 0.244 e. The Morgan fingerprint density at radius 1 is 1.58 bits per heavy atom. The lowest BCUT2D eigenvalue weighted by atomic mass is 10.1. The lowest BCUT2D eigenvalue weighted by Crippen LogP contribution is -2.27. The summed E-state index contributed by atoms with van der Waals surface area (Å²) in [5.74, 6) is 0.483. The highest BCUT2D eigenvalue weighted by Crippen LogP contribution is 2.20. The molecule has 0 amide bonds. The number of nitrogen functional groups attached to an aromatic ring is 1. The van der Waals surface area contributed by atoms with Gasteiger partial charge in [0.25, 0.3) is 0 Å². The molecule has 1 unspecified atom stereocenters. The van der Waals surface area contributed by atoms with Crippen LogP contribution in [-0.2, 0) is 10.0 Å². The molecule has 0 bridgehead atoms. The quantitative estimate of drug-likeness (QED) is 0.740. The second-order valence-corrected chi connectivity index (χ2v) is 6.75. The molecule has 1 aromatic rings. The van der Waals surface area contributed by atoms with Gasteiger partial charge in [-0.05, 0) is 37.9 Å². The smallest absolute Gasteiger partial charge is 0.244 e. The summed E-state index contributed by atoms with van der Waals surface area (Å²) in [6.45, 7) is 2.34. The van der Waals surface area contributed by atoms with E-state index in [4.69, 9.17) is 17.3 Å². The van der Waals surface area contributed by atoms with Gasteiger partial charge in [-0.25, -0.2) is 18.1 Å². The normalized spacial score (nSPS) is 19.7. The van der Waals surface area contributed by atoms with Crippen LogP contribution in [0.4, 0.5) is 5.82 Å². The molecule has 1 saturated heterocycles. The van der Waals surface area contributed by atoms with Gasteiger partial charge in [0.15, 0.2) is 0 Å². The molecule has 0 radical (unpaired) electrons. The fourth-order valence-electron chi connectivity index (χ4n) is 2.08. The number of aromatic nitrogens is 1. The van der Waals surface area contributed by atoms with Crippen molar-refractivity contribution in [2.45, 2.75) is 17.7 Å². The van der Waals surface area contributed by atoms with Crippen LogP contribution >= 0.6 is 11.6 Å². The molecule has 1 aliphatic rings. The summed E-state index contributed by atoms with van der Waals surface area (Å²) in [4.78, 5) is 3.68. The average Bonchev–Trinajstić information content (AvgIpc) is 2.85. The first-order chi connectivity index (χ1) is 8.99. The van der Waals surface area contributed by atoms with E-state index in [1.54, 1.807) is 0 Å². The van der Waals surface area contributed by atoms with E-state index in [0.29, 0.717) is 12.5 Å². The van der Waals surface area contributed by atoms with Gasteiger partial charge in [-0.2, -0.15) is 0 Å². The molecule has 1 fully saturated rings. The lowest BCUT2D eigenvalue weighted by Gasteiger charge is -2.11. The minimum atomic E-state index is -3.65. The molecule has 6 nitrogen and oxygen atoms in total. The highest BCUT2D eigenvalue weighted by Gasteiger charge is 2.20. The first kappa shape index (κ1) is 14.5. The zero-order chi connectivity index (χ0) is 13.9. The lowest BCUT2D eigenvalue weighted by molar-refractivity contribution is 0.519. The van der Waals surface area contributed by atoms with E-state index in [-0.39, 0.29) is 15.7 Å². The third kappa shape index (κ3) is 3.79. The largest absolute Gasteiger partial charge is 0.383 e. The van der Waals surface area contributed by atoms with Crippen molar-refractivity contribution in [1.82, 2.24) is 15.0 Å². The number of pyridine rings is 1. The molecule has 106 valence electrons. The van der Waals surface area contributed by atoms with Gasteiger partial charge in [-0.1, -0.05) is 11.6 Å². The number of anilines is 1. The van der Waals surface area contributed by atoms with Crippen LogP contribution < -0.4 is 15.8 Å². The van der Waals surface area contributed by atoms with Gasteiger partial charge in [0.1, 0.15) is 10.7 Å². The van der Waals surface area contributed by atoms with Crippen molar-refractivity contribution in [1.29, 1.82) is 0 Å². The predicted molar refractivity (Wildman–Crippen MR) is 74.4 cm³/mol. The third-order valence-electron chi connectivity index (χ3n) is 3.14. The molecular weight excluding hydrogens is 288 g/mol. The van der Waals surface area contributed by atoms with Gasteiger partial charge < -0.3 is 11.1 Å². The third-order valence-corrected chi connectivity index (χ3v) is 4.84. The van der Waals surface area contributed by atoms with Gasteiger partial charge >= 0.3 is 0 Å². The molecule has 2 rings (SSSR count). The minimum absolute atomic E-state index is 0.0422. The molecule has 0 aliphatic carbocycles. The SMILES string of the molecule is Nc1ncc(Cl)cc1S(=O)(=O)NCCC1CCNC1. The first-order valence-electron chi connectivity index (χ1n) is 6.10. The summed E-state index contributed by atoms with van der Waals surface area (Å²) in [5, 5.41) is 3.49. The highest BCUT2D eigenvalue weighted by atomic mass is 35.5. The summed E-state index contributed by atoms with van der Waals surface area (Å²) in [7, 11) is -3.65. The van der Waals surface area contributed by atoms with Crippen molar-refractivity contribution in [3.63, 3.8) is 0 Å². The number of nitrogens with one attached hydrogen (secondary N) is 2. The zero-order valence-electron chi connectivity index (χ0n) is 10.4. The Labute approximate surface area is 117 Å². The van der Waals surface area contributed by atoms with E-state index in [1.165, 1.54) is 12.3 Å². The van der Waals surface area contributed by atoms with Crippen LogP contribution in [0.15, 0.2) is 17.2 Å². The van der Waals surface area contributed by atoms with Crippen LogP contribution in [0.3, 0.4) is 0 Å². The van der Waals surface area contributed by atoms with Crippen LogP contribution in [0, 0.1) is 5.92 Å². The highest BCUT2D eigenvalue weighted by molar-refractivity contribution is 7.89. The summed E-state index contributed by atoms with van der Waals surface area (Å²) in [6.07, 6.45) is 3.21. The second-order valence-electron chi connectivity index (χ2n) is 4.58. The molecule has 4 N–H and O–H groups in total. The summed E-state index contributed by atoms with van der Waals surface area (Å²) < 4.78 is 26.7. The van der Waals surface area contributed by atoms with Crippen molar-refractivity contribution >= 4 is 27.4 Å². The van der Waals surface area contributed by atoms with E-state index < -0.39 is 10.0 Å². The topological polar surface area (TPSA) is 97.1 Å². The first-order valence-corrected chi connectivity index (χ1v) is 7.96. The maximum absolute atomic E-state index is 12.1. The molecule has 0 aromatic carbocycles. The van der Waals surface area contributed by atoms with Gasteiger partial charge in [-0.3, -0.25) is 0 Å². The molecule has 8 heteroatoms. The number of sulfonamides is 1. The second kappa shape index (κ2) is 6.04. The zero-order valence-corrected chi connectivity index (χ0v) is 12.0. The van der Waals surface area contributed by atoms with Gasteiger partial charge in [-0.15, -0.1) is 0 Å². The Balaban J connectivity index is 1.99. The summed E-state index contributed by atoms with van der Waals surface area (Å²) >= 11 is 5.74. The van der Waals surface area contributed by atoms with E-state index in [1.807, 2.05) is 0 Å². The number of nitrogens with zero attached hydrogens (tertiary/aromatic N) is 1. The van der Waals surface area contributed by atoms with Crippen molar-refractivity contribution in [2.75, 3.05) is 25.4 Å². The van der Waals surface area contributed by atoms with E-state index in [2.05, 4.69) is 15.0 Å². The standard InChI is InChI=1S/C11H17ClN4O2S/c12-9-5-10(11(13)15-7-9)19(17,18)16-4-2-8-1-3-14-6-8/h5,7-8,14,16H,1-4,6H2,(H2,13,15). The number of halogens is 1. The molecule has 1 aliphatic heterocycles. The van der Waals surface area contributed by atoms with Crippen LogP contribution in [0.25, 0.3) is 0 Å². The Morgan fingerprint density at radius 2 is 2.37 bits per heavy atom. The molecule has 0 saturated carbocycles. The van der Waals surface area contributed by atoms with Crippen molar-refractivity contribution < 1.29 is 8.42 Å². The van der Waals surface area contributed by atoms with E-state index in [0.717, 1.165) is 25.9 Å². The maximum atomic E-state index is 12.1. The van der Waals surface area contributed by atoms with Crippen LogP contribution in [-0.4, -0.2) is 33.0 Å². The molecule has 19 heavy (non-hydrogen) atoms. The average molecular weight is 305 g/mol. The van der Waals surface area contributed by atoms with Crippen LogP contribution in [0.2, 0.25) is 5.02 Å². The van der Waals surface area contributed by atoms with Crippen molar-refractivity contribution in [3.8, 4) is 0 Å². The number of hydrogen-bond acceptors (Lipinski definition) is 5. The van der Waals surface area contributed by atoms with Gasteiger partial charge in [0.05, 0.1) is 5.02 Å². The molecule has 0 spiro atoms. The fraction of sp³-hybridized carbons (Fsp3) is 0.545. The monoisotopic (exact) mass is 304 g/mol. The van der Waals surface area contributed by atoms with Crippen LogP contribution in [0.1, 0.15) is 12.8 Å². The fourth-order valence-corrected chi connectivity index (χ4v) is 3.46. The van der Waals surface area contributed by atoms with E-state index >= 15 is 0 Å². The molecular formula is C11H17ClN4O2S. The molecule has 1 atom stereocenters.